The molecule has 0 aromatic carbocycles. The number of rotatable bonds is 4. The van der Waals surface area contributed by atoms with Crippen molar-refractivity contribution in [1.29, 1.82) is 5.26 Å². The van der Waals surface area contributed by atoms with Crippen LogP contribution in [0.1, 0.15) is 45.2 Å². The van der Waals surface area contributed by atoms with Crippen molar-refractivity contribution in [3.05, 3.63) is 27.9 Å². The molecule has 0 aliphatic heterocycles. The van der Waals surface area contributed by atoms with Crippen LogP contribution >= 0.6 is 0 Å². The van der Waals surface area contributed by atoms with E-state index in [2.05, 4.69) is 24.1 Å². The molecule has 0 saturated heterocycles. The Morgan fingerprint density at radius 2 is 2.14 bits per heavy atom. The lowest BCUT2D eigenvalue weighted by Crippen LogP contribution is -2.35. The molecule has 1 aromatic heterocycles. The first-order valence-corrected chi connectivity index (χ1v) is 7.35. The van der Waals surface area contributed by atoms with E-state index in [1.807, 2.05) is 0 Å². The molecule has 1 aromatic rings. The molecule has 1 aliphatic rings. The van der Waals surface area contributed by atoms with Crippen LogP contribution in [0.15, 0.2) is 12.1 Å². The Balaban J connectivity index is 2.19. The number of nitrogens with zero attached hydrogens (tertiary/aromatic N) is 3. The highest BCUT2D eigenvalue weighted by molar-refractivity contribution is 5.50. The second-order valence-electron chi connectivity index (χ2n) is 5.88. The number of hydrogen-bond acceptors (Lipinski definition) is 5. The van der Waals surface area contributed by atoms with Gasteiger partial charge in [0.05, 0.1) is 4.92 Å². The van der Waals surface area contributed by atoms with E-state index in [9.17, 15) is 10.1 Å². The van der Waals surface area contributed by atoms with E-state index in [1.54, 1.807) is 12.1 Å². The summed E-state index contributed by atoms with van der Waals surface area (Å²) in [6.45, 7) is 4.43. The summed E-state index contributed by atoms with van der Waals surface area (Å²) in [6.07, 6.45) is 4.69. The van der Waals surface area contributed by atoms with E-state index in [4.69, 9.17) is 5.26 Å². The summed E-state index contributed by atoms with van der Waals surface area (Å²) in [5.74, 6) is 1.70. The van der Waals surface area contributed by atoms with E-state index in [1.165, 1.54) is 25.3 Å². The molecule has 2 rings (SSSR count). The maximum absolute atomic E-state index is 10.8. The zero-order chi connectivity index (χ0) is 15.4. The van der Waals surface area contributed by atoms with Gasteiger partial charge in [-0.15, -0.1) is 0 Å². The second kappa shape index (κ2) is 6.53. The SMILES string of the molecule is CC(C)C1CCCCC1Nc1ccc([N+](=O)[O-])c(C#N)n1. The summed E-state index contributed by atoms with van der Waals surface area (Å²) in [7, 11) is 0. The molecule has 1 fully saturated rings. The predicted octanol–water partition coefficient (Wildman–Crippen LogP) is 3.49. The Kier molecular flexibility index (Phi) is 4.73. The van der Waals surface area contributed by atoms with Crippen molar-refractivity contribution in [2.75, 3.05) is 5.32 Å². The number of pyridine rings is 1. The summed E-state index contributed by atoms with van der Waals surface area (Å²) in [5, 5.41) is 23.2. The number of nitriles is 1. The fraction of sp³-hybridized carbons (Fsp3) is 0.600. The average molecular weight is 288 g/mol. The van der Waals surface area contributed by atoms with Crippen LogP contribution in [0, 0.1) is 33.3 Å². The maximum atomic E-state index is 10.8. The molecule has 2 unspecified atom stereocenters. The van der Waals surface area contributed by atoms with Crippen molar-refractivity contribution in [2.24, 2.45) is 11.8 Å². The molecule has 1 saturated carbocycles. The van der Waals surface area contributed by atoms with Gasteiger partial charge in [0, 0.05) is 12.1 Å². The number of nitrogens with one attached hydrogen (secondary N) is 1. The third-order valence-corrected chi connectivity index (χ3v) is 4.19. The zero-order valence-electron chi connectivity index (χ0n) is 12.4. The van der Waals surface area contributed by atoms with Crippen LogP contribution in [0.3, 0.4) is 0 Å². The van der Waals surface area contributed by atoms with Gasteiger partial charge in [0.15, 0.2) is 0 Å². The van der Waals surface area contributed by atoms with E-state index in [0.717, 1.165) is 6.42 Å². The molecule has 1 N–H and O–H groups in total. The van der Waals surface area contributed by atoms with Crippen molar-refractivity contribution in [3.63, 3.8) is 0 Å². The van der Waals surface area contributed by atoms with E-state index in [-0.39, 0.29) is 11.4 Å². The molecular weight excluding hydrogens is 268 g/mol. The average Bonchev–Trinajstić information content (AvgIpc) is 2.47. The largest absolute Gasteiger partial charge is 0.367 e. The van der Waals surface area contributed by atoms with Crippen LogP contribution in [0.25, 0.3) is 0 Å². The highest BCUT2D eigenvalue weighted by Crippen LogP contribution is 2.32. The van der Waals surface area contributed by atoms with E-state index >= 15 is 0 Å². The Morgan fingerprint density at radius 3 is 2.76 bits per heavy atom. The summed E-state index contributed by atoms with van der Waals surface area (Å²) in [4.78, 5) is 14.3. The molecule has 0 spiro atoms. The first-order valence-electron chi connectivity index (χ1n) is 7.35. The lowest BCUT2D eigenvalue weighted by atomic mass is 9.78. The van der Waals surface area contributed by atoms with Gasteiger partial charge in [0.1, 0.15) is 11.9 Å². The molecule has 1 heterocycles. The zero-order valence-corrected chi connectivity index (χ0v) is 12.4. The minimum atomic E-state index is -0.577. The molecule has 1 aliphatic carbocycles. The van der Waals surface area contributed by atoms with E-state index in [0.29, 0.717) is 23.7 Å². The second-order valence-corrected chi connectivity index (χ2v) is 5.88. The number of anilines is 1. The minimum absolute atomic E-state index is 0.137. The summed E-state index contributed by atoms with van der Waals surface area (Å²) in [5.41, 5.74) is -0.381. The fourth-order valence-corrected chi connectivity index (χ4v) is 3.09. The van der Waals surface area contributed by atoms with Crippen LogP contribution in [0.5, 0.6) is 0 Å². The maximum Gasteiger partial charge on any atom is 0.305 e. The normalized spacial score (nSPS) is 21.8. The summed E-state index contributed by atoms with van der Waals surface area (Å²) < 4.78 is 0. The Morgan fingerprint density at radius 1 is 1.43 bits per heavy atom. The van der Waals surface area contributed by atoms with Gasteiger partial charge < -0.3 is 5.32 Å². The van der Waals surface area contributed by atoms with Crippen LogP contribution in [-0.4, -0.2) is 15.9 Å². The number of nitro groups is 1. The molecule has 0 amide bonds. The van der Waals surface area contributed by atoms with E-state index < -0.39 is 4.92 Å². The predicted molar refractivity (Wildman–Crippen MR) is 79.8 cm³/mol. The molecule has 0 bridgehead atoms. The molecule has 6 heteroatoms. The van der Waals surface area contributed by atoms with Crippen LogP contribution in [-0.2, 0) is 0 Å². The van der Waals surface area contributed by atoms with Crippen molar-refractivity contribution in [2.45, 2.75) is 45.6 Å². The van der Waals surface area contributed by atoms with Gasteiger partial charge in [-0.25, -0.2) is 4.98 Å². The van der Waals surface area contributed by atoms with Gasteiger partial charge in [0.25, 0.3) is 0 Å². The molecule has 21 heavy (non-hydrogen) atoms. The van der Waals surface area contributed by atoms with Gasteiger partial charge >= 0.3 is 5.69 Å². The lowest BCUT2D eigenvalue weighted by Gasteiger charge is -2.35. The van der Waals surface area contributed by atoms with Crippen molar-refractivity contribution in [3.8, 4) is 6.07 Å². The minimum Gasteiger partial charge on any atom is -0.367 e. The van der Waals surface area contributed by atoms with Gasteiger partial charge in [-0.2, -0.15) is 5.26 Å². The highest BCUT2D eigenvalue weighted by atomic mass is 16.6. The van der Waals surface area contributed by atoms with Crippen LogP contribution in [0.4, 0.5) is 11.5 Å². The Hall–Kier alpha value is -2.16. The first-order chi connectivity index (χ1) is 10.0. The third-order valence-electron chi connectivity index (χ3n) is 4.19. The molecule has 0 radical (unpaired) electrons. The van der Waals surface area contributed by atoms with Crippen molar-refractivity contribution >= 4 is 11.5 Å². The van der Waals surface area contributed by atoms with Gasteiger partial charge in [0.2, 0.25) is 5.69 Å². The fourth-order valence-electron chi connectivity index (χ4n) is 3.09. The van der Waals surface area contributed by atoms with Crippen LogP contribution < -0.4 is 5.32 Å². The van der Waals surface area contributed by atoms with Crippen molar-refractivity contribution in [1.82, 2.24) is 4.98 Å². The van der Waals surface area contributed by atoms with Crippen molar-refractivity contribution < 1.29 is 4.92 Å². The quantitative estimate of drug-likeness (QED) is 0.676. The molecular formula is C15H20N4O2. The first kappa shape index (κ1) is 15.2. The Bertz CT molecular complexity index is 565. The third kappa shape index (κ3) is 3.48. The lowest BCUT2D eigenvalue weighted by molar-refractivity contribution is -0.385. The number of hydrogen-bond donors (Lipinski definition) is 1. The highest BCUT2D eigenvalue weighted by Gasteiger charge is 2.28. The molecule has 6 nitrogen and oxygen atoms in total. The summed E-state index contributed by atoms with van der Waals surface area (Å²) >= 11 is 0. The van der Waals surface area contributed by atoms with Gasteiger partial charge in [-0.1, -0.05) is 26.7 Å². The van der Waals surface area contributed by atoms with Gasteiger partial charge in [-0.05, 0) is 30.7 Å². The van der Waals surface area contributed by atoms with Crippen LogP contribution in [0.2, 0.25) is 0 Å². The standard InChI is InChI=1S/C15H20N4O2/c1-10(2)11-5-3-4-6-12(11)17-15-8-7-14(19(20)21)13(9-16)18-15/h7-8,10-12H,3-6H2,1-2H3,(H,17,18). The summed E-state index contributed by atoms with van der Waals surface area (Å²) in [6, 6.07) is 5.05. The monoisotopic (exact) mass is 288 g/mol. The number of aromatic nitrogens is 1. The smallest absolute Gasteiger partial charge is 0.305 e. The topological polar surface area (TPSA) is 91.9 Å². The van der Waals surface area contributed by atoms with Gasteiger partial charge in [-0.3, -0.25) is 10.1 Å². The molecule has 2 atom stereocenters. The Labute approximate surface area is 124 Å². The molecule has 112 valence electrons.